The van der Waals surface area contributed by atoms with Gasteiger partial charge in [-0.3, -0.25) is 33.6 Å². The van der Waals surface area contributed by atoms with Crippen molar-refractivity contribution in [1.82, 2.24) is 24.5 Å². The van der Waals surface area contributed by atoms with Crippen LogP contribution in [0.25, 0.3) is 21.6 Å². The van der Waals surface area contributed by atoms with Crippen molar-refractivity contribution in [3.8, 4) is 11.1 Å². The molecular weight excluding hydrogens is 885 g/mol. The van der Waals surface area contributed by atoms with Crippen LogP contribution in [0, 0.1) is 0 Å². The van der Waals surface area contributed by atoms with Gasteiger partial charge in [-0.1, -0.05) is 53.6 Å². The first kappa shape index (κ1) is 56.4. The van der Waals surface area contributed by atoms with E-state index in [9.17, 15) is 33.6 Å². The highest BCUT2D eigenvalue weighted by atomic mass is 16.6. The second kappa shape index (κ2) is 31.9. The molecule has 0 radical (unpaired) electrons. The molecule has 3 rings (SSSR count). The number of esters is 1. The molecule has 0 saturated carbocycles. The molecule has 374 valence electrons. The van der Waals surface area contributed by atoms with E-state index in [-0.39, 0.29) is 89.2 Å². The number of azide groups is 1. The van der Waals surface area contributed by atoms with Gasteiger partial charge in [-0.15, -0.1) is 0 Å². The number of hydrogen-bond donors (Lipinski definition) is 0. The number of carbonyl (C=O) groups excluding carboxylic acids is 7. The Balaban J connectivity index is 1.19. The van der Waals surface area contributed by atoms with Gasteiger partial charge in [0, 0.05) is 78.5 Å². The lowest BCUT2D eigenvalue weighted by Gasteiger charge is -2.26. The van der Waals surface area contributed by atoms with Crippen molar-refractivity contribution >= 4 is 41.3 Å². The molecule has 0 fully saturated rings. The average molecular weight is 953 g/mol. The second-order valence-electron chi connectivity index (χ2n) is 16.2. The number of carbonyl (C=O) groups is 7. The van der Waals surface area contributed by atoms with Crippen LogP contribution in [0.4, 0.5) is 0 Å². The highest BCUT2D eigenvalue weighted by Gasteiger charge is 2.29. The Labute approximate surface area is 398 Å². The topological polar surface area (TPSA) is 240 Å². The zero-order valence-electron chi connectivity index (χ0n) is 40.1. The molecule has 5 amide bonds. The minimum absolute atomic E-state index is 0.0250. The van der Waals surface area contributed by atoms with Gasteiger partial charge >= 0.3 is 5.97 Å². The number of ether oxygens (including phenoxy) is 6. The van der Waals surface area contributed by atoms with E-state index in [1.54, 1.807) is 0 Å². The van der Waals surface area contributed by atoms with E-state index in [1.165, 1.54) is 45.0 Å². The third-order valence-corrected chi connectivity index (χ3v) is 10.8. The normalized spacial score (nSPS) is 11.5. The maximum atomic E-state index is 12.9. The lowest BCUT2D eigenvalue weighted by atomic mass is 9.98. The quantitative estimate of drug-likeness (QED) is 0.0318. The molecule has 1 aliphatic carbocycles. The zero-order chi connectivity index (χ0) is 49.7. The molecule has 2 aromatic rings. The van der Waals surface area contributed by atoms with Crippen molar-refractivity contribution in [2.45, 2.75) is 38.0 Å². The lowest BCUT2D eigenvalue weighted by Crippen LogP contribution is -2.47. The summed E-state index contributed by atoms with van der Waals surface area (Å²) < 4.78 is 32.6. The Hall–Kier alpha value is -5.96. The van der Waals surface area contributed by atoms with Crippen molar-refractivity contribution in [3.05, 3.63) is 70.1 Å². The SMILES string of the molecule is CN(CC(=O)CCCOCCOCCOCCOCCOCCN=[N+]=[N-])C(=O)CN(C)C(=O)CN(C)C(=O)CN(C)C(=O)CN(C)C(=O)CCCC(=O)OCC1c2ccccc2-c2ccccc21. The molecule has 0 unspecified atom stereocenters. The number of ketones is 1. The number of hydrogen-bond acceptors (Lipinski definition) is 14. The van der Waals surface area contributed by atoms with Crippen LogP contribution in [0.3, 0.4) is 0 Å². The summed E-state index contributed by atoms with van der Waals surface area (Å²) in [5, 5.41) is 3.37. The van der Waals surface area contributed by atoms with E-state index in [2.05, 4.69) is 22.2 Å². The predicted octanol–water partition coefficient (Wildman–Crippen LogP) is 2.55. The molecule has 21 heteroatoms. The van der Waals surface area contributed by atoms with Crippen LogP contribution in [0.1, 0.15) is 49.1 Å². The number of Topliss-reactive ketones (excluding diaryl/α,β-unsaturated/α-hetero) is 1. The molecule has 0 spiro atoms. The first-order valence-corrected chi connectivity index (χ1v) is 22.7. The Morgan fingerprint density at radius 3 is 1.35 bits per heavy atom. The van der Waals surface area contributed by atoms with Crippen LogP contribution < -0.4 is 0 Å². The smallest absolute Gasteiger partial charge is 0.305 e. The fraction of sp³-hybridized carbons (Fsp3) is 0.596. The fourth-order valence-corrected chi connectivity index (χ4v) is 6.84. The lowest BCUT2D eigenvalue weighted by molar-refractivity contribution is -0.145. The van der Waals surface area contributed by atoms with Gasteiger partial charge in [-0.2, -0.15) is 0 Å². The predicted molar refractivity (Wildman–Crippen MR) is 249 cm³/mol. The van der Waals surface area contributed by atoms with Crippen molar-refractivity contribution in [2.24, 2.45) is 5.11 Å². The maximum absolute atomic E-state index is 12.9. The van der Waals surface area contributed by atoms with Crippen molar-refractivity contribution in [1.29, 1.82) is 0 Å². The van der Waals surface area contributed by atoms with Gasteiger partial charge in [0.1, 0.15) is 6.61 Å². The van der Waals surface area contributed by atoms with Gasteiger partial charge < -0.3 is 52.9 Å². The number of fused-ring (bicyclic) bond motifs is 3. The number of benzene rings is 2. The molecule has 0 bridgehead atoms. The Morgan fingerprint density at radius 1 is 0.500 bits per heavy atom. The molecule has 21 nitrogen and oxygen atoms in total. The number of nitrogens with zero attached hydrogens (tertiary/aromatic N) is 8. The number of amides is 5. The van der Waals surface area contributed by atoms with Crippen LogP contribution in [0.15, 0.2) is 53.6 Å². The summed E-state index contributed by atoms with van der Waals surface area (Å²) >= 11 is 0. The van der Waals surface area contributed by atoms with Gasteiger partial charge in [-0.05, 0) is 40.6 Å². The van der Waals surface area contributed by atoms with Crippen molar-refractivity contribution < 1.29 is 62.0 Å². The molecule has 2 aromatic carbocycles. The summed E-state index contributed by atoms with van der Waals surface area (Å²) in [5.74, 6) is -3.00. The standard InChI is InChI=1S/C47H68N8O13/c1-51(30-36(56)12-11-20-63-22-24-65-26-28-67-29-27-66-25-23-64-21-19-49-50-48)43(58)32-53(3)45(60)34-55(5)46(61)33-54(4)44(59)31-52(2)42(57)17-10-18-47(62)68-35-41-39-15-8-6-13-37(39)38-14-7-9-16-40(38)41/h6-9,13-16,41H,10-12,17-35H2,1-5H3. The molecule has 0 saturated heterocycles. The molecule has 0 heterocycles. The summed E-state index contributed by atoms with van der Waals surface area (Å²) in [5.41, 5.74) is 12.7. The van der Waals surface area contributed by atoms with Gasteiger partial charge in [-0.25, -0.2) is 0 Å². The molecule has 1 aliphatic rings. The fourth-order valence-electron chi connectivity index (χ4n) is 6.84. The van der Waals surface area contributed by atoms with Crippen molar-refractivity contribution in [3.63, 3.8) is 0 Å². The Bertz CT molecular complexity index is 1950. The Morgan fingerprint density at radius 2 is 0.897 bits per heavy atom. The highest BCUT2D eigenvalue weighted by molar-refractivity contribution is 5.92. The highest BCUT2D eigenvalue weighted by Crippen LogP contribution is 2.44. The van der Waals surface area contributed by atoms with Crippen LogP contribution in [-0.2, 0) is 62.0 Å². The van der Waals surface area contributed by atoms with Crippen LogP contribution in [0.5, 0.6) is 0 Å². The third kappa shape index (κ3) is 20.9. The summed E-state index contributed by atoms with van der Waals surface area (Å²) in [4.78, 5) is 97.9. The van der Waals surface area contributed by atoms with Gasteiger partial charge in [0.25, 0.3) is 0 Å². The monoisotopic (exact) mass is 952 g/mol. The number of rotatable bonds is 35. The maximum Gasteiger partial charge on any atom is 0.305 e. The third-order valence-electron chi connectivity index (χ3n) is 10.8. The van der Waals surface area contributed by atoms with E-state index in [4.69, 9.17) is 34.0 Å². The van der Waals surface area contributed by atoms with E-state index in [1.807, 2.05) is 36.4 Å². The first-order chi connectivity index (χ1) is 32.7. The van der Waals surface area contributed by atoms with E-state index in [0.29, 0.717) is 72.5 Å². The van der Waals surface area contributed by atoms with Crippen LogP contribution >= 0.6 is 0 Å². The van der Waals surface area contributed by atoms with Crippen LogP contribution in [-0.4, -0.2) is 213 Å². The van der Waals surface area contributed by atoms with Gasteiger partial charge in [0.15, 0.2) is 5.78 Å². The molecule has 68 heavy (non-hydrogen) atoms. The van der Waals surface area contributed by atoms with E-state index < -0.39 is 29.6 Å². The van der Waals surface area contributed by atoms with E-state index >= 15 is 0 Å². The summed E-state index contributed by atoms with van der Waals surface area (Å²) in [7, 11) is 7.16. The molecule has 0 aliphatic heterocycles. The summed E-state index contributed by atoms with van der Waals surface area (Å²) in [6.45, 7) is 2.90. The molecule has 0 aromatic heterocycles. The van der Waals surface area contributed by atoms with Gasteiger partial charge in [0.2, 0.25) is 29.5 Å². The minimum Gasteiger partial charge on any atom is -0.465 e. The van der Waals surface area contributed by atoms with Crippen LogP contribution in [0.2, 0.25) is 0 Å². The summed E-state index contributed by atoms with van der Waals surface area (Å²) in [6.07, 6.45) is 0.971. The van der Waals surface area contributed by atoms with E-state index in [0.717, 1.165) is 37.0 Å². The molecule has 0 N–H and O–H groups in total. The molecule has 0 atom stereocenters. The largest absolute Gasteiger partial charge is 0.465 e. The number of likely N-dealkylation sites (N-methyl/N-ethyl adjacent to an activating group) is 5. The first-order valence-electron chi connectivity index (χ1n) is 22.7. The summed E-state index contributed by atoms with van der Waals surface area (Å²) in [6, 6.07) is 16.1. The minimum atomic E-state index is -0.533. The molecular formula is C47H68N8O13. The Kier molecular flexibility index (Phi) is 26.4. The zero-order valence-corrected chi connectivity index (χ0v) is 40.1. The van der Waals surface area contributed by atoms with Gasteiger partial charge in [0.05, 0.1) is 92.2 Å². The average Bonchev–Trinajstić information content (AvgIpc) is 3.64. The second-order valence-corrected chi connectivity index (χ2v) is 16.2. The van der Waals surface area contributed by atoms with Crippen molar-refractivity contribution in [2.75, 3.05) is 147 Å².